The van der Waals surface area contributed by atoms with Gasteiger partial charge in [0.25, 0.3) is 5.97 Å². The number of rotatable bonds is 2. The Morgan fingerprint density at radius 2 is 1.07 bits per heavy atom. The van der Waals surface area contributed by atoms with Gasteiger partial charge >= 0.3 is 0 Å². The fraction of sp³-hybridized carbons (Fsp3) is 0.162. The SMILES string of the molecule is CC(=O)O.Clc1ccc2nc3c(c(-c4ccccc4)c2c1)[C@H]1Cc2nc4ccc(Cl)cc4c(-c4ccccc4)c2[C@@H](C3)C1. The van der Waals surface area contributed by atoms with Crippen LogP contribution in [0.4, 0.5) is 0 Å². The highest BCUT2D eigenvalue weighted by atomic mass is 35.5. The van der Waals surface area contributed by atoms with E-state index in [4.69, 9.17) is 43.1 Å². The van der Waals surface area contributed by atoms with Crippen molar-refractivity contribution in [2.24, 2.45) is 0 Å². The van der Waals surface area contributed by atoms with E-state index in [-0.39, 0.29) is 0 Å². The number of fused-ring (bicyclic) bond motifs is 8. The van der Waals surface area contributed by atoms with Gasteiger partial charge in [-0.3, -0.25) is 14.8 Å². The van der Waals surface area contributed by atoms with Gasteiger partial charge in [0.05, 0.1) is 11.0 Å². The van der Waals surface area contributed by atoms with Crippen LogP contribution in [-0.2, 0) is 17.6 Å². The van der Waals surface area contributed by atoms with E-state index in [1.165, 1.54) is 44.8 Å². The van der Waals surface area contributed by atoms with Gasteiger partial charge in [0, 0.05) is 39.1 Å². The second-order valence-corrected chi connectivity index (χ2v) is 12.2. The van der Waals surface area contributed by atoms with Crippen molar-refractivity contribution in [1.82, 2.24) is 9.97 Å². The lowest BCUT2D eigenvalue weighted by molar-refractivity contribution is -0.134. The van der Waals surface area contributed by atoms with Crippen LogP contribution in [0.2, 0.25) is 10.0 Å². The number of hydrogen-bond donors (Lipinski definition) is 1. The Bertz CT molecular complexity index is 1880. The molecule has 2 aromatic heterocycles. The minimum Gasteiger partial charge on any atom is -0.481 e. The Morgan fingerprint density at radius 1 is 0.674 bits per heavy atom. The van der Waals surface area contributed by atoms with Crippen molar-refractivity contribution in [1.29, 1.82) is 0 Å². The molecule has 0 unspecified atom stereocenters. The molecular formula is C37H28Cl2N2O2. The molecule has 0 saturated carbocycles. The molecule has 2 aliphatic rings. The van der Waals surface area contributed by atoms with Crippen LogP contribution in [0.15, 0.2) is 97.1 Å². The summed E-state index contributed by atoms with van der Waals surface area (Å²) in [6, 6.07) is 33.6. The van der Waals surface area contributed by atoms with Crippen LogP contribution < -0.4 is 0 Å². The molecule has 2 aliphatic carbocycles. The van der Waals surface area contributed by atoms with Crippen molar-refractivity contribution >= 4 is 51.0 Å². The third-order valence-electron chi connectivity index (χ3n) is 8.52. The molecule has 0 spiro atoms. The standard InChI is InChI=1S/C35H24Cl2N2.C2H4O2/c36-24-11-13-28-26(18-24)32(20-7-3-1-4-8-20)34-22-15-23(17-30(34)38-28)35-31(16-22)39-29-14-12-25(37)19-27(29)33(35)21-9-5-2-6-10-21;1-2(3)4/h1-14,18-19,22-23H,15-17H2;1H3,(H,3,4)/t22-,23-;/m1./s1. The molecule has 8 rings (SSSR count). The van der Waals surface area contributed by atoms with E-state index < -0.39 is 5.97 Å². The topological polar surface area (TPSA) is 63.1 Å². The molecule has 0 aliphatic heterocycles. The summed E-state index contributed by atoms with van der Waals surface area (Å²) < 4.78 is 0. The highest BCUT2D eigenvalue weighted by Gasteiger charge is 2.39. The zero-order chi connectivity index (χ0) is 29.7. The second kappa shape index (κ2) is 11.1. The maximum absolute atomic E-state index is 9.00. The first-order valence-electron chi connectivity index (χ1n) is 14.4. The molecular weight excluding hydrogens is 575 g/mol. The van der Waals surface area contributed by atoms with Crippen molar-refractivity contribution in [3.8, 4) is 22.3 Å². The number of aliphatic carboxylic acids is 1. The van der Waals surface area contributed by atoms with Crippen LogP contribution in [0, 0.1) is 0 Å². The van der Waals surface area contributed by atoms with E-state index >= 15 is 0 Å². The van der Waals surface area contributed by atoms with Gasteiger partial charge in [-0.25, -0.2) is 0 Å². The summed E-state index contributed by atoms with van der Waals surface area (Å²) >= 11 is 13.1. The molecule has 2 atom stereocenters. The van der Waals surface area contributed by atoms with Gasteiger partial charge in [0.2, 0.25) is 0 Å². The number of benzene rings is 4. The molecule has 2 heterocycles. The van der Waals surface area contributed by atoms with E-state index in [9.17, 15) is 0 Å². The highest BCUT2D eigenvalue weighted by Crippen LogP contribution is 2.53. The Labute approximate surface area is 260 Å². The third kappa shape index (κ3) is 5.05. The number of aromatic nitrogens is 2. The van der Waals surface area contributed by atoms with Crippen LogP contribution in [0.25, 0.3) is 44.1 Å². The van der Waals surface area contributed by atoms with Crippen LogP contribution in [-0.4, -0.2) is 21.0 Å². The van der Waals surface area contributed by atoms with E-state index in [0.717, 1.165) is 58.0 Å². The Hall–Kier alpha value is -4.25. The molecule has 0 radical (unpaired) electrons. The largest absolute Gasteiger partial charge is 0.481 e. The van der Waals surface area contributed by atoms with Gasteiger partial charge in [-0.2, -0.15) is 0 Å². The number of nitrogens with zero attached hydrogens (tertiary/aromatic N) is 2. The number of carboxylic acid groups (broad SMARTS) is 1. The van der Waals surface area contributed by atoms with Crippen LogP contribution in [0.1, 0.15) is 47.7 Å². The summed E-state index contributed by atoms with van der Waals surface area (Å²) in [4.78, 5) is 19.6. The van der Waals surface area contributed by atoms with Gasteiger partial charge in [-0.15, -0.1) is 0 Å². The normalized spacial score (nSPS) is 16.6. The van der Waals surface area contributed by atoms with Gasteiger partial charge in [0.1, 0.15) is 0 Å². The second-order valence-electron chi connectivity index (χ2n) is 11.3. The van der Waals surface area contributed by atoms with E-state index in [1.54, 1.807) is 0 Å². The summed E-state index contributed by atoms with van der Waals surface area (Å²) in [5, 5.41) is 11.2. The number of hydrogen-bond acceptors (Lipinski definition) is 3. The highest BCUT2D eigenvalue weighted by molar-refractivity contribution is 6.32. The molecule has 4 aromatic carbocycles. The summed E-state index contributed by atoms with van der Waals surface area (Å²) in [6.07, 6.45) is 2.87. The Morgan fingerprint density at radius 3 is 1.47 bits per heavy atom. The molecule has 0 amide bonds. The zero-order valence-electron chi connectivity index (χ0n) is 23.5. The number of pyridine rings is 2. The predicted octanol–water partition coefficient (Wildman–Crippen LogP) is 9.88. The summed E-state index contributed by atoms with van der Waals surface area (Å²) in [5.41, 5.74) is 12.2. The van der Waals surface area contributed by atoms with Crippen molar-refractivity contribution < 1.29 is 9.90 Å². The molecule has 212 valence electrons. The first-order chi connectivity index (χ1) is 20.9. The molecule has 1 N–H and O–H groups in total. The van der Waals surface area contributed by atoms with E-state index in [0.29, 0.717) is 11.8 Å². The maximum Gasteiger partial charge on any atom is 0.300 e. The molecule has 6 aromatic rings. The molecule has 0 saturated heterocycles. The molecule has 0 fully saturated rings. The minimum absolute atomic E-state index is 0.346. The minimum atomic E-state index is -0.833. The summed E-state index contributed by atoms with van der Waals surface area (Å²) in [6.45, 7) is 1.08. The monoisotopic (exact) mass is 602 g/mol. The van der Waals surface area contributed by atoms with Crippen molar-refractivity contribution in [2.45, 2.75) is 38.0 Å². The fourth-order valence-corrected chi connectivity index (χ4v) is 7.39. The lowest BCUT2D eigenvalue weighted by Gasteiger charge is -2.39. The van der Waals surface area contributed by atoms with Crippen LogP contribution in [0.3, 0.4) is 0 Å². The van der Waals surface area contributed by atoms with E-state index in [1.807, 2.05) is 12.1 Å². The van der Waals surface area contributed by atoms with E-state index in [2.05, 4.69) is 84.9 Å². The predicted molar refractivity (Wildman–Crippen MR) is 175 cm³/mol. The zero-order valence-corrected chi connectivity index (χ0v) is 25.0. The van der Waals surface area contributed by atoms with Crippen molar-refractivity contribution in [3.63, 3.8) is 0 Å². The molecule has 2 bridgehead atoms. The van der Waals surface area contributed by atoms with Crippen molar-refractivity contribution in [2.75, 3.05) is 0 Å². The quantitative estimate of drug-likeness (QED) is 0.214. The van der Waals surface area contributed by atoms with Gasteiger partial charge in [-0.1, -0.05) is 83.9 Å². The van der Waals surface area contributed by atoms with Gasteiger partial charge in [-0.05, 0) is 101 Å². The third-order valence-corrected chi connectivity index (χ3v) is 8.99. The van der Waals surface area contributed by atoms with Crippen molar-refractivity contribution in [3.05, 3.63) is 130 Å². The molecule has 4 nitrogen and oxygen atoms in total. The Balaban J connectivity index is 0.000000709. The fourth-order valence-electron chi connectivity index (χ4n) is 7.04. The van der Waals surface area contributed by atoms with Crippen LogP contribution >= 0.6 is 23.2 Å². The first-order valence-corrected chi connectivity index (χ1v) is 15.2. The number of carbonyl (C=O) groups is 1. The molecule has 6 heteroatoms. The Kier molecular flexibility index (Phi) is 7.12. The average molecular weight is 604 g/mol. The summed E-state index contributed by atoms with van der Waals surface area (Å²) in [7, 11) is 0. The lowest BCUT2D eigenvalue weighted by Crippen LogP contribution is -2.28. The number of carboxylic acids is 1. The number of halogens is 2. The first kappa shape index (κ1) is 27.6. The van der Waals surface area contributed by atoms with Gasteiger partial charge in [0.15, 0.2) is 0 Å². The van der Waals surface area contributed by atoms with Crippen LogP contribution in [0.5, 0.6) is 0 Å². The summed E-state index contributed by atoms with van der Waals surface area (Å²) in [5.74, 6) is -0.142. The maximum atomic E-state index is 9.00. The lowest BCUT2D eigenvalue weighted by atomic mass is 9.66. The average Bonchev–Trinajstić information content (AvgIpc) is 3.00. The smallest absolute Gasteiger partial charge is 0.300 e. The van der Waals surface area contributed by atoms with Gasteiger partial charge < -0.3 is 5.11 Å². The molecule has 43 heavy (non-hydrogen) atoms.